The smallest absolute Gasteiger partial charge is 0.248 e. The van der Waals surface area contributed by atoms with Crippen LogP contribution >= 0.6 is 11.8 Å². The van der Waals surface area contributed by atoms with Gasteiger partial charge in [-0.15, -0.1) is 0 Å². The van der Waals surface area contributed by atoms with E-state index in [1.54, 1.807) is 0 Å². The van der Waals surface area contributed by atoms with Crippen molar-refractivity contribution < 1.29 is 14.6 Å². The summed E-state index contributed by atoms with van der Waals surface area (Å²) in [5.41, 5.74) is 0. The highest BCUT2D eigenvalue weighted by atomic mass is 32.2. The number of nitrogens with zero attached hydrogens (tertiary/aromatic N) is 1. The maximum absolute atomic E-state index is 11.6. The van der Waals surface area contributed by atoms with Crippen LogP contribution in [-0.2, 0) is 9.53 Å². The van der Waals surface area contributed by atoms with Gasteiger partial charge in [-0.05, 0) is 18.6 Å². The summed E-state index contributed by atoms with van der Waals surface area (Å²) in [7, 11) is 0. The van der Waals surface area contributed by atoms with Gasteiger partial charge < -0.3 is 14.7 Å². The van der Waals surface area contributed by atoms with Crippen molar-refractivity contribution in [1.82, 2.24) is 4.90 Å². The lowest BCUT2D eigenvalue weighted by Gasteiger charge is -2.35. The monoisotopic (exact) mass is 245 g/mol. The Morgan fingerprint density at radius 2 is 2.38 bits per heavy atom. The van der Waals surface area contributed by atoms with Crippen LogP contribution in [0, 0.1) is 0 Å². The second kappa shape index (κ2) is 5.89. The minimum absolute atomic E-state index is 0.00158. The summed E-state index contributed by atoms with van der Waals surface area (Å²) in [5, 5.41) is 9.61. The molecule has 5 heteroatoms. The van der Waals surface area contributed by atoms with Crippen molar-refractivity contribution in [1.29, 1.82) is 0 Å². The van der Waals surface area contributed by atoms with E-state index in [0.29, 0.717) is 11.8 Å². The second-order valence-corrected chi connectivity index (χ2v) is 5.81. The van der Waals surface area contributed by atoms with E-state index in [2.05, 4.69) is 0 Å². The van der Waals surface area contributed by atoms with Gasteiger partial charge in [0.25, 0.3) is 0 Å². The van der Waals surface area contributed by atoms with Crippen molar-refractivity contribution in [2.75, 3.05) is 32.1 Å². The predicted octanol–water partition coefficient (Wildman–Crippen LogP) is 0.492. The average Bonchev–Trinajstić information content (AvgIpc) is 2.33. The summed E-state index contributed by atoms with van der Waals surface area (Å²) in [4.78, 5) is 13.5. The number of morpholine rings is 1. The van der Waals surface area contributed by atoms with E-state index in [1.807, 2.05) is 16.7 Å². The third-order valence-electron chi connectivity index (χ3n) is 3.12. The largest absolute Gasteiger partial charge is 0.394 e. The number of aliphatic hydroxyl groups excluding tert-OH is 1. The van der Waals surface area contributed by atoms with Crippen molar-refractivity contribution in [3.8, 4) is 0 Å². The molecule has 0 aliphatic carbocycles. The molecule has 0 spiro atoms. The van der Waals surface area contributed by atoms with Gasteiger partial charge in [-0.3, -0.25) is 4.79 Å². The molecule has 2 aliphatic heterocycles. The van der Waals surface area contributed by atoms with Gasteiger partial charge in [-0.1, -0.05) is 6.42 Å². The first kappa shape index (κ1) is 12.2. The Morgan fingerprint density at radius 3 is 3.06 bits per heavy atom. The summed E-state index contributed by atoms with van der Waals surface area (Å²) >= 11 is 1.97. The average molecular weight is 245 g/mol. The third kappa shape index (κ3) is 3.12. The number of ether oxygens (including phenoxy) is 1. The van der Waals surface area contributed by atoms with E-state index in [4.69, 9.17) is 9.84 Å². The van der Waals surface area contributed by atoms with Crippen LogP contribution in [0.5, 0.6) is 0 Å². The molecule has 0 radical (unpaired) electrons. The van der Waals surface area contributed by atoms with Gasteiger partial charge in [0, 0.05) is 18.3 Å². The number of thioether (sulfide) groups is 1. The molecule has 4 nitrogen and oxygen atoms in total. The highest BCUT2D eigenvalue weighted by Gasteiger charge is 2.28. The molecule has 2 heterocycles. The van der Waals surface area contributed by atoms with Crippen LogP contribution in [0.2, 0.25) is 0 Å². The first-order chi connectivity index (χ1) is 7.79. The molecule has 0 aromatic heterocycles. The van der Waals surface area contributed by atoms with Gasteiger partial charge >= 0.3 is 0 Å². The van der Waals surface area contributed by atoms with E-state index in [0.717, 1.165) is 6.54 Å². The molecule has 2 atom stereocenters. The van der Waals surface area contributed by atoms with Crippen LogP contribution in [0.3, 0.4) is 0 Å². The zero-order chi connectivity index (χ0) is 11.4. The molecule has 2 fully saturated rings. The Hall–Kier alpha value is -0.260. The van der Waals surface area contributed by atoms with Crippen molar-refractivity contribution in [3.05, 3.63) is 0 Å². The molecule has 1 N–H and O–H groups in total. The lowest BCUT2D eigenvalue weighted by molar-refractivity contribution is -0.150. The third-order valence-corrected chi connectivity index (χ3v) is 4.50. The Kier molecular flexibility index (Phi) is 4.49. The maximum atomic E-state index is 11.6. The van der Waals surface area contributed by atoms with Crippen LogP contribution in [0.25, 0.3) is 0 Å². The summed E-state index contributed by atoms with van der Waals surface area (Å²) in [5.74, 6) is 1.28. The molecule has 0 aromatic rings. The number of rotatable bonds is 3. The number of carbonyl (C=O) groups excluding carboxylic acids is 1. The molecular formula is C11H19NO3S. The summed E-state index contributed by atoms with van der Waals surface area (Å²) in [6, 6.07) is 0. The van der Waals surface area contributed by atoms with Crippen LogP contribution in [0.4, 0.5) is 0 Å². The van der Waals surface area contributed by atoms with Gasteiger partial charge in [0.2, 0.25) is 5.91 Å². The normalized spacial score (nSPS) is 31.8. The van der Waals surface area contributed by atoms with Gasteiger partial charge in [0.05, 0.1) is 12.7 Å². The predicted molar refractivity (Wildman–Crippen MR) is 63.5 cm³/mol. The Labute approximate surface area is 100 Å². The van der Waals surface area contributed by atoms with Crippen molar-refractivity contribution in [3.63, 3.8) is 0 Å². The molecule has 92 valence electrons. The molecule has 0 bridgehead atoms. The lowest BCUT2D eigenvalue weighted by Crippen LogP contribution is -2.50. The van der Waals surface area contributed by atoms with Crippen LogP contribution in [0.1, 0.15) is 19.3 Å². The van der Waals surface area contributed by atoms with Crippen molar-refractivity contribution >= 4 is 17.7 Å². The quantitative estimate of drug-likeness (QED) is 0.786. The molecule has 2 saturated heterocycles. The van der Waals surface area contributed by atoms with Gasteiger partial charge in [0.15, 0.2) is 0 Å². The van der Waals surface area contributed by atoms with Gasteiger partial charge in [-0.25, -0.2) is 0 Å². The highest BCUT2D eigenvalue weighted by molar-refractivity contribution is 7.99. The van der Waals surface area contributed by atoms with E-state index in [9.17, 15) is 4.79 Å². The highest BCUT2D eigenvalue weighted by Crippen LogP contribution is 2.26. The SMILES string of the molecule is O=C1COC(CO)CN1CC1CCCCS1. The fourth-order valence-corrected chi connectivity index (χ4v) is 3.49. The molecule has 2 unspecified atom stereocenters. The zero-order valence-electron chi connectivity index (χ0n) is 9.43. The standard InChI is InChI=1S/C11H19NO3S/c13-7-9-5-12(11(14)8-15-9)6-10-3-1-2-4-16-10/h9-10,13H,1-8H2. The molecule has 2 rings (SSSR count). The number of amides is 1. The summed E-state index contributed by atoms with van der Waals surface area (Å²) in [6.07, 6.45) is 3.60. The molecule has 16 heavy (non-hydrogen) atoms. The first-order valence-corrected chi connectivity index (χ1v) is 6.96. The fraction of sp³-hybridized carbons (Fsp3) is 0.909. The number of hydrogen-bond donors (Lipinski definition) is 1. The van der Waals surface area contributed by atoms with Crippen molar-refractivity contribution in [2.24, 2.45) is 0 Å². The van der Waals surface area contributed by atoms with Gasteiger partial charge in [0.1, 0.15) is 6.61 Å². The first-order valence-electron chi connectivity index (χ1n) is 5.91. The maximum Gasteiger partial charge on any atom is 0.248 e. The summed E-state index contributed by atoms with van der Waals surface area (Å²) in [6.45, 7) is 1.50. The zero-order valence-corrected chi connectivity index (χ0v) is 10.2. The fourth-order valence-electron chi connectivity index (χ4n) is 2.16. The molecule has 2 aliphatic rings. The minimum Gasteiger partial charge on any atom is -0.394 e. The number of carbonyl (C=O) groups is 1. The van der Waals surface area contributed by atoms with E-state index in [1.165, 1.54) is 25.0 Å². The van der Waals surface area contributed by atoms with Crippen LogP contribution in [-0.4, -0.2) is 59.3 Å². The van der Waals surface area contributed by atoms with E-state index >= 15 is 0 Å². The molecule has 0 aromatic carbocycles. The van der Waals surface area contributed by atoms with Crippen molar-refractivity contribution in [2.45, 2.75) is 30.6 Å². The van der Waals surface area contributed by atoms with Crippen LogP contribution < -0.4 is 0 Å². The Bertz CT molecular complexity index is 243. The van der Waals surface area contributed by atoms with E-state index in [-0.39, 0.29) is 25.2 Å². The van der Waals surface area contributed by atoms with Crippen LogP contribution in [0.15, 0.2) is 0 Å². The Morgan fingerprint density at radius 1 is 1.50 bits per heavy atom. The molecule has 0 saturated carbocycles. The second-order valence-electron chi connectivity index (χ2n) is 4.40. The Balaban J connectivity index is 1.83. The molecule has 1 amide bonds. The number of hydrogen-bond acceptors (Lipinski definition) is 4. The summed E-state index contributed by atoms with van der Waals surface area (Å²) < 4.78 is 5.21. The lowest BCUT2D eigenvalue weighted by atomic mass is 10.1. The van der Waals surface area contributed by atoms with Gasteiger partial charge in [-0.2, -0.15) is 11.8 Å². The topological polar surface area (TPSA) is 49.8 Å². The minimum atomic E-state index is -0.189. The molecular weight excluding hydrogens is 226 g/mol. The van der Waals surface area contributed by atoms with E-state index < -0.39 is 0 Å². The number of aliphatic hydroxyl groups is 1.